The van der Waals surface area contributed by atoms with Gasteiger partial charge in [0.05, 0.1) is 34.7 Å². The molecule has 2 atom stereocenters. The van der Waals surface area contributed by atoms with Crippen LogP contribution in [0.2, 0.25) is 5.15 Å². The lowest BCUT2D eigenvalue weighted by Crippen LogP contribution is -2.46. The summed E-state index contributed by atoms with van der Waals surface area (Å²) < 4.78 is 2.34. The SMILES string of the molecule is CC(C)C(N)CN1CCC(Nc2nc3ccccc3n2C2CCCc3nc(Cl)cnc32)CC1.O.O.O. The first-order valence-electron chi connectivity index (χ1n) is 12.2. The Morgan fingerprint density at radius 1 is 1.08 bits per heavy atom. The van der Waals surface area contributed by atoms with Crippen LogP contribution in [-0.4, -0.2) is 72.6 Å². The highest BCUT2D eigenvalue weighted by atomic mass is 35.5. The molecule has 1 aliphatic heterocycles. The molecule has 5 rings (SSSR count). The third kappa shape index (κ3) is 6.13. The number of hydrogen-bond acceptors (Lipinski definition) is 6. The van der Waals surface area contributed by atoms with Crippen molar-refractivity contribution in [2.75, 3.05) is 25.0 Å². The van der Waals surface area contributed by atoms with E-state index in [9.17, 15) is 0 Å². The number of nitrogens with one attached hydrogen (secondary N) is 1. The second kappa shape index (κ2) is 12.8. The van der Waals surface area contributed by atoms with Crippen LogP contribution >= 0.6 is 11.6 Å². The van der Waals surface area contributed by atoms with Crippen LogP contribution in [0.3, 0.4) is 0 Å². The fourth-order valence-corrected chi connectivity index (χ4v) is 5.29. The van der Waals surface area contributed by atoms with E-state index in [4.69, 9.17) is 27.3 Å². The Bertz CT molecular complexity index is 1120. The average Bonchev–Trinajstić information content (AvgIpc) is 3.17. The number of nitrogens with zero attached hydrogens (tertiary/aromatic N) is 5. The molecule has 3 heterocycles. The van der Waals surface area contributed by atoms with Gasteiger partial charge in [-0.2, -0.15) is 0 Å². The topological polar surface area (TPSA) is 179 Å². The minimum absolute atomic E-state index is 0. The molecule has 3 aromatic rings. The van der Waals surface area contributed by atoms with Crippen LogP contribution < -0.4 is 11.1 Å². The zero-order chi connectivity index (χ0) is 22.9. The normalized spacial score (nSPS) is 19.1. The molecule has 0 spiro atoms. The molecule has 0 radical (unpaired) electrons. The summed E-state index contributed by atoms with van der Waals surface area (Å²) in [5, 5.41) is 4.26. The van der Waals surface area contributed by atoms with Crippen molar-refractivity contribution in [3.05, 3.63) is 47.0 Å². The molecule has 200 valence electrons. The zero-order valence-corrected chi connectivity index (χ0v) is 21.8. The van der Waals surface area contributed by atoms with Gasteiger partial charge in [-0.25, -0.2) is 9.97 Å². The zero-order valence-electron chi connectivity index (χ0n) is 21.0. The summed E-state index contributed by atoms with van der Waals surface area (Å²) in [5.41, 5.74) is 10.5. The van der Waals surface area contributed by atoms with Crippen molar-refractivity contribution < 1.29 is 16.4 Å². The fourth-order valence-electron chi connectivity index (χ4n) is 5.14. The van der Waals surface area contributed by atoms with Crippen molar-refractivity contribution in [3.63, 3.8) is 0 Å². The highest BCUT2D eigenvalue weighted by Gasteiger charge is 2.30. The predicted octanol–water partition coefficient (Wildman–Crippen LogP) is 1.79. The van der Waals surface area contributed by atoms with E-state index < -0.39 is 0 Å². The van der Waals surface area contributed by atoms with Crippen LogP contribution in [0.4, 0.5) is 5.95 Å². The predicted molar refractivity (Wildman–Crippen MR) is 145 cm³/mol. The second-order valence-corrected chi connectivity index (χ2v) is 10.2. The number of halogens is 1. The number of nitrogens with two attached hydrogens (primary N) is 1. The quantitative estimate of drug-likeness (QED) is 0.498. The second-order valence-electron chi connectivity index (χ2n) is 9.85. The van der Waals surface area contributed by atoms with Gasteiger partial charge in [-0.15, -0.1) is 0 Å². The van der Waals surface area contributed by atoms with Crippen LogP contribution in [0, 0.1) is 5.92 Å². The summed E-state index contributed by atoms with van der Waals surface area (Å²) >= 11 is 6.15. The van der Waals surface area contributed by atoms with Gasteiger partial charge in [-0.3, -0.25) is 4.98 Å². The molecular formula is C25H40ClN7O3. The van der Waals surface area contributed by atoms with Crippen molar-refractivity contribution in [1.29, 1.82) is 0 Å². The number of benzene rings is 1. The summed E-state index contributed by atoms with van der Waals surface area (Å²) in [6.45, 7) is 7.50. The van der Waals surface area contributed by atoms with Crippen LogP contribution in [0.5, 0.6) is 0 Å². The number of imidazole rings is 1. The fraction of sp³-hybridized carbons (Fsp3) is 0.560. The Hall–Kier alpha value is -2.34. The van der Waals surface area contributed by atoms with E-state index in [1.165, 1.54) is 0 Å². The molecule has 1 aromatic carbocycles. The minimum Gasteiger partial charge on any atom is -0.412 e. The molecule has 2 unspecified atom stereocenters. The molecule has 11 heteroatoms. The molecule has 0 amide bonds. The molecule has 10 nitrogen and oxygen atoms in total. The van der Waals surface area contributed by atoms with E-state index in [-0.39, 0.29) is 28.5 Å². The number of likely N-dealkylation sites (tertiary alicyclic amines) is 1. The molecule has 1 aliphatic carbocycles. The van der Waals surface area contributed by atoms with E-state index in [0.717, 1.165) is 80.1 Å². The highest BCUT2D eigenvalue weighted by Crippen LogP contribution is 2.36. The summed E-state index contributed by atoms with van der Waals surface area (Å²) in [4.78, 5) is 16.8. The molecule has 2 aliphatic rings. The number of fused-ring (bicyclic) bond motifs is 2. The number of anilines is 1. The number of rotatable bonds is 6. The third-order valence-electron chi connectivity index (χ3n) is 7.21. The van der Waals surface area contributed by atoms with Gasteiger partial charge in [0.25, 0.3) is 0 Å². The number of para-hydroxylation sites is 2. The van der Waals surface area contributed by atoms with Crippen LogP contribution in [0.25, 0.3) is 11.0 Å². The van der Waals surface area contributed by atoms with Crippen LogP contribution in [-0.2, 0) is 6.42 Å². The van der Waals surface area contributed by atoms with Crippen molar-refractivity contribution in [2.24, 2.45) is 11.7 Å². The lowest BCUT2D eigenvalue weighted by atomic mass is 9.95. The molecule has 36 heavy (non-hydrogen) atoms. The number of aromatic nitrogens is 4. The number of aryl methyl sites for hydroxylation is 1. The lowest BCUT2D eigenvalue weighted by Gasteiger charge is -2.35. The van der Waals surface area contributed by atoms with E-state index in [1.807, 2.05) is 6.07 Å². The van der Waals surface area contributed by atoms with Gasteiger partial charge in [0.2, 0.25) is 5.95 Å². The Morgan fingerprint density at radius 2 is 1.81 bits per heavy atom. The van der Waals surface area contributed by atoms with Crippen molar-refractivity contribution in [1.82, 2.24) is 24.4 Å². The standard InChI is InChI=1S/C25H34ClN7.3H2O/c1-16(2)18(27)15-32-12-10-17(11-13-32)29-25-31-19-6-3-4-8-21(19)33(25)22-9-5-7-20-24(22)28-14-23(26)30-20;;;/h3-4,6,8,14,16-18,22H,5,7,9-13,15,27H2,1-2H3,(H,29,31);3*1H2. The maximum Gasteiger partial charge on any atom is 0.204 e. The van der Waals surface area contributed by atoms with Gasteiger partial charge in [-0.1, -0.05) is 37.6 Å². The smallest absolute Gasteiger partial charge is 0.204 e. The number of hydrogen-bond donors (Lipinski definition) is 2. The molecule has 1 saturated heterocycles. The molecule has 2 aromatic heterocycles. The summed E-state index contributed by atoms with van der Waals surface area (Å²) in [5.74, 6) is 1.44. The lowest BCUT2D eigenvalue weighted by molar-refractivity contribution is 0.194. The molecular weight excluding hydrogens is 482 g/mol. The third-order valence-corrected chi connectivity index (χ3v) is 7.39. The average molecular weight is 522 g/mol. The van der Waals surface area contributed by atoms with Gasteiger partial charge < -0.3 is 36.9 Å². The van der Waals surface area contributed by atoms with E-state index in [1.54, 1.807) is 6.20 Å². The Kier molecular flexibility index (Phi) is 10.6. The molecule has 0 bridgehead atoms. The van der Waals surface area contributed by atoms with Gasteiger partial charge in [0, 0.05) is 31.7 Å². The van der Waals surface area contributed by atoms with Gasteiger partial charge in [0.1, 0.15) is 5.15 Å². The minimum atomic E-state index is 0. The van der Waals surface area contributed by atoms with E-state index in [2.05, 4.69) is 51.8 Å². The van der Waals surface area contributed by atoms with Crippen LogP contribution in [0.15, 0.2) is 30.5 Å². The molecule has 1 fully saturated rings. The first-order valence-corrected chi connectivity index (χ1v) is 12.6. The molecule has 9 N–H and O–H groups in total. The monoisotopic (exact) mass is 521 g/mol. The number of piperidine rings is 1. The highest BCUT2D eigenvalue weighted by molar-refractivity contribution is 6.29. The van der Waals surface area contributed by atoms with Crippen LogP contribution in [0.1, 0.15) is 57.0 Å². The van der Waals surface area contributed by atoms with Gasteiger partial charge in [-0.05, 0) is 50.2 Å². The van der Waals surface area contributed by atoms with E-state index in [0.29, 0.717) is 17.1 Å². The van der Waals surface area contributed by atoms with Gasteiger partial charge in [0.15, 0.2) is 0 Å². The first kappa shape index (κ1) is 29.9. The van der Waals surface area contributed by atoms with Crippen molar-refractivity contribution >= 4 is 28.6 Å². The first-order chi connectivity index (χ1) is 16.0. The maximum atomic E-state index is 6.31. The Balaban J connectivity index is 0.00000152. The van der Waals surface area contributed by atoms with Crippen molar-refractivity contribution in [3.8, 4) is 0 Å². The Morgan fingerprint density at radius 3 is 2.53 bits per heavy atom. The van der Waals surface area contributed by atoms with Gasteiger partial charge >= 0.3 is 0 Å². The molecule has 0 saturated carbocycles. The summed E-state index contributed by atoms with van der Waals surface area (Å²) in [6.07, 6.45) is 6.85. The maximum absolute atomic E-state index is 6.31. The largest absolute Gasteiger partial charge is 0.412 e. The summed E-state index contributed by atoms with van der Waals surface area (Å²) in [7, 11) is 0. The van der Waals surface area contributed by atoms with E-state index >= 15 is 0 Å². The summed E-state index contributed by atoms with van der Waals surface area (Å²) in [6, 6.07) is 9.11. The Labute approximate surface area is 217 Å². The van der Waals surface area contributed by atoms with Crippen molar-refractivity contribution in [2.45, 2.75) is 64.1 Å².